The highest BCUT2D eigenvalue weighted by molar-refractivity contribution is 9.10. The van der Waals surface area contributed by atoms with Gasteiger partial charge in [0.15, 0.2) is 0 Å². The molecule has 0 unspecified atom stereocenters. The van der Waals surface area contributed by atoms with Crippen LogP contribution in [-0.4, -0.2) is 35.7 Å². The first kappa shape index (κ1) is 29.0. The third kappa shape index (κ3) is 6.40. The molecule has 1 N–H and O–H groups in total. The average Bonchev–Trinajstić information content (AvgIpc) is 2.96. The molecular formula is C30H29BrN2O6S. The number of nitrogens with one attached hydrogen (secondary N) is 1. The number of ether oxygens (including phenoxy) is 3. The van der Waals surface area contributed by atoms with E-state index in [2.05, 4.69) is 21.2 Å². The van der Waals surface area contributed by atoms with Crippen LogP contribution in [0.15, 0.2) is 94.3 Å². The lowest BCUT2D eigenvalue weighted by atomic mass is 10.1. The summed E-state index contributed by atoms with van der Waals surface area (Å²) in [4.78, 5) is 13.1. The number of carbonyl (C=O) groups excluding carboxylic acids is 1. The first-order chi connectivity index (χ1) is 19.2. The number of aryl methyl sites for hydroxylation is 1. The maximum Gasteiger partial charge on any atom is 0.264 e. The Hall–Kier alpha value is -4.02. The number of methoxy groups -OCH3 is 3. The van der Waals surface area contributed by atoms with Gasteiger partial charge in [-0.3, -0.25) is 9.10 Å². The monoisotopic (exact) mass is 624 g/mol. The molecule has 208 valence electrons. The predicted molar refractivity (Wildman–Crippen MR) is 159 cm³/mol. The average molecular weight is 626 g/mol. The van der Waals surface area contributed by atoms with E-state index in [4.69, 9.17) is 14.2 Å². The molecule has 0 saturated carbocycles. The highest BCUT2D eigenvalue weighted by Gasteiger charge is 2.26. The Morgan fingerprint density at radius 1 is 0.825 bits per heavy atom. The van der Waals surface area contributed by atoms with Crippen molar-refractivity contribution in [3.63, 3.8) is 0 Å². The van der Waals surface area contributed by atoms with Crippen molar-refractivity contribution in [2.75, 3.05) is 31.0 Å². The smallest absolute Gasteiger partial charge is 0.264 e. The van der Waals surface area contributed by atoms with Crippen LogP contribution in [0.3, 0.4) is 0 Å². The van der Waals surface area contributed by atoms with E-state index in [9.17, 15) is 13.2 Å². The van der Waals surface area contributed by atoms with E-state index >= 15 is 0 Å². The van der Waals surface area contributed by atoms with Gasteiger partial charge < -0.3 is 19.5 Å². The molecule has 4 aromatic rings. The number of halogens is 1. The lowest BCUT2D eigenvalue weighted by molar-refractivity contribution is 0.102. The largest absolute Gasteiger partial charge is 0.497 e. The predicted octanol–water partition coefficient (Wildman–Crippen LogP) is 6.43. The van der Waals surface area contributed by atoms with Crippen molar-refractivity contribution < 1.29 is 27.4 Å². The Bertz CT molecular complexity index is 1610. The SMILES string of the molecule is COc1ccc(OC)c(NC(=O)c2ccc(CN(c3ccc(C)cc3)S(=O)(=O)c3ccc(OC)c(Br)c3)cc2)c1. The molecule has 0 aromatic heterocycles. The van der Waals surface area contributed by atoms with Crippen LogP contribution in [0.4, 0.5) is 11.4 Å². The zero-order valence-corrected chi connectivity index (χ0v) is 24.9. The Labute approximate surface area is 242 Å². The molecule has 0 fully saturated rings. The zero-order chi connectivity index (χ0) is 28.9. The van der Waals surface area contributed by atoms with E-state index in [1.54, 1.807) is 67.8 Å². The lowest BCUT2D eigenvalue weighted by Gasteiger charge is -2.25. The molecule has 0 bridgehead atoms. The minimum absolute atomic E-state index is 0.0562. The second-order valence-corrected chi connectivity index (χ2v) is 11.6. The van der Waals surface area contributed by atoms with Crippen molar-refractivity contribution in [1.82, 2.24) is 0 Å². The van der Waals surface area contributed by atoms with E-state index in [0.29, 0.717) is 44.2 Å². The molecule has 10 heteroatoms. The van der Waals surface area contributed by atoms with E-state index in [-0.39, 0.29) is 17.3 Å². The molecule has 0 heterocycles. The van der Waals surface area contributed by atoms with Crippen molar-refractivity contribution in [3.05, 3.63) is 106 Å². The van der Waals surface area contributed by atoms with Crippen LogP contribution in [0.5, 0.6) is 17.2 Å². The summed E-state index contributed by atoms with van der Waals surface area (Å²) >= 11 is 3.38. The van der Waals surface area contributed by atoms with Gasteiger partial charge in [-0.2, -0.15) is 0 Å². The van der Waals surface area contributed by atoms with Crippen molar-refractivity contribution in [2.24, 2.45) is 0 Å². The maximum atomic E-state index is 13.8. The Balaban J connectivity index is 1.61. The van der Waals surface area contributed by atoms with Crippen LogP contribution in [0.1, 0.15) is 21.5 Å². The van der Waals surface area contributed by atoms with E-state index in [1.165, 1.54) is 30.7 Å². The summed E-state index contributed by atoms with van der Waals surface area (Å²) in [7, 11) is 0.626. The van der Waals surface area contributed by atoms with E-state index < -0.39 is 10.0 Å². The second kappa shape index (κ2) is 12.4. The molecule has 0 radical (unpaired) electrons. The van der Waals surface area contributed by atoms with E-state index in [0.717, 1.165) is 5.56 Å². The molecule has 8 nitrogen and oxygen atoms in total. The molecule has 40 heavy (non-hydrogen) atoms. The number of hydrogen-bond acceptors (Lipinski definition) is 6. The fourth-order valence-electron chi connectivity index (χ4n) is 3.99. The minimum atomic E-state index is -3.95. The fourth-order valence-corrected chi connectivity index (χ4v) is 6.17. The molecule has 0 aliphatic carbocycles. The molecule has 0 atom stereocenters. The van der Waals surface area contributed by atoms with Gasteiger partial charge in [0, 0.05) is 11.6 Å². The molecular weight excluding hydrogens is 596 g/mol. The third-order valence-electron chi connectivity index (χ3n) is 6.23. The van der Waals surface area contributed by atoms with Crippen LogP contribution in [0.2, 0.25) is 0 Å². The summed E-state index contributed by atoms with van der Waals surface area (Å²) in [6, 6.07) is 23.8. The van der Waals surface area contributed by atoms with Crippen LogP contribution >= 0.6 is 15.9 Å². The Kier molecular flexibility index (Phi) is 9.01. The third-order valence-corrected chi connectivity index (χ3v) is 8.62. The van der Waals surface area contributed by atoms with Gasteiger partial charge in [-0.15, -0.1) is 0 Å². The number of benzene rings is 4. The number of carbonyl (C=O) groups is 1. The molecule has 0 saturated heterocycles. The van der Waals surface area contributed by atoms with Gasteiger partial charge in [0.1, 0.15) is 17.2 Å². The Morgan fingerprint density at radius 3 is 2.08 bits per heavy atom. The number of sulfonamides is 1. The zero-order valence-electron chi connectivity index (χ0n) is 22.5. The number of nitrogens with zero attached hydrogens (tertiary/aromatic N) is 1. The molecule has 0 aliphatic rings. The summed E-state index contributed by atoms with van der Waals surface area (Å²) in [5.41, 5.74) is 3.10. The van der Waals surface area contributed by atoms with Crippen LogP contribution in [0.25, 0.3) is 0 Å². The first-order valence-electron chi connectivity index (χ1n) is 12.2. The van der Waals surface area contributed by atoms with Crippen LogP contribution in [0, 0.1) is 6.92 Å². The highest BCUT2D eigenvalue weighted by Crippen LogP contribution is 2.32. The molecule has 4 rings (SSSR count). The van der Waals surface area contributed by atoms with Gasteiger partial charge in [0.25, 0.3) is 15.9 Å². The van der Waals surface area contributed by atoms with Crippen molar-refractivity contribution in [2.45, 2.75) is 18.4 Å². The van der Waals surface area contributed by atoms with Gasteiger partial charge in [0.2, 0.25) is 0 Å². The molecule has 0 aliphatic heterocycles. The summed E-state index contributed by atoms with van der Waals surface area (Å²) in [5, 5.41) is 2.84. The van der Waals surface area contributed by atoms with Gasteiger partial charge >= 0.3 is 0 Å². The summed E-state index contributed by atoms with van der Waals surface area (Å²) < 4.78 is 45.4. The lowest BCUT2D eigenvalue weighted by Crippen LogP contribution is -2.30. The van der Waals surface area contributed by atoms with Crippen LogP contribution in [-0.2, 0) is 16.6 Å². The van der Waals surface area contributed by atoms with Gasteiger partial charge in [-0.25, -0.2) is 8.42 Å². The van der Waals surface area contributed by atoms with Gasteiger partial charge in [-0.1, -0.05) is 29.8 Å². The molecule has 4 aromatic carbocycles. The summed E-state index contributed by atoms with van der Waals surface area (Å²) in [6.45, 7) is 1.99. The highest BCUT2D eigenvalue weighted by atomic mass is 79.9. The first-order valence-corrected chi connectivity index (χ1v) is 14.4. The van der Waals surface area contributed by atoms with Crippen LogP contribution < -0.4 is 23.8 Å². The normalized spacial score (nSPS) is 11.0. The van der Waals surface area contributed by atoms with Gasteiger partial charge in [0.05, 0.1) is 48.6 Å². The quantitative estimate of drug-likeness (QED) is 0.218. The number of amides is 1. The number of anilines is 2. The van der Waals surface area contributed by atoms with Crippen molar-refractivity contribution in [1.29, 1.82) is 0 Å². The summed E-state index contributed by atoms with van der Waals surface area (Å²) in [6.07, 6.45) is 0. The molecule has 1 amide bonds. The molecule has 0 spiro atoms. The van der Waals surface area contributed by atoms with Gasteiger partial charge in [-0.05, 0) is 83.0 Å². The second-order valence-electron chi connectivity index (χ2n) is 8.86. The van der Waals surface area contributed by atoms with E-state index in [1.807, 2.05) is 19.1 Å². The number of hydrogen-bond donors (Lipinski definition) is 1. The van der Waals surface area contributed by atoms with Crippen molar-refractivity contribution in [3.8, 4) is 17.2 Å². The minimum Gasteiger partial charge on any atom is -0.497 e. The summed E-state index contributed by atoms with van der Waals surface area (Å²) in [5.74, 6) is 1.26. The number of rotatable bonds is 10. The fraction of sp³-hybridized carbons (Fsp3) is 0.167. The Morgan fingerprint density at radius 2 is 1.48 bits per heavy atom. The maximum absolute atomic E-state index is 13.8. The van der Waals surface area contributed by atoms with Crippen molar-refractivity contribution >= 4 is 43.2 Å². The topological polar surface area (TPSA) is 94.2 Å². The standard InChI is InChI=1S/C30H29BrN2O6S/c1-20-5-11-23(12-6-20)33(40(35,36)25-14-16-28(38-3)26(31)18-25)19-21-7-9-22(10-8-21)30(34)32-27-17-24(37-2)13-15-29(27)39-4/h5-18H,19H2,1-4H3,(H,32,34).